The van der Waals surface area contributed by atoms with Crippen molar-refractivity contribution in [1.29, 1.82) is 0 Å². The van der Waals surface area contributed by atoms with E-state index < -0.39 is 5.97 Å². The Hall–Kier alpha value is -2.81. The number of anilines is 1. The number of nitrogens with zero attached hydrogens (tertiary/aromatic N) is 3. The molecule has 1 aromatic heterocycles. The number of thioether (sulfide) groups is 1. The Bertz CT molecular complexity index is 887. The third kappa shape index (κ3) is 6.35. The molecule has 0 spiro atoms. The second-order valence-electron chi connectivity index (χ2n) is 7.27. The number of hydrogen-bond acceptors (Lipinski definition) is 6. The Balaban J connectivity index is 1.98. The standard InChI is InChI=1S/C21H28N4O4S/c1-14(2)25(15(3)4)19(27)12-29-20(28)16-8-6-7-9-17(16)23-18(26)13-30-21-22-10-11-24(21)5/h6-11,14-15H,12-13H2,1-5H3,(H,23,26). The van der Waals surface area contributed by atoms with Gasteiger partial charge in [-0.3, -0.25) is 9.59 Å². The van der Waals surface area contributed by atoms with Gasteiger partial charge in [0.05, 0.1) is 17.0 Å². The molecule has 0 fully saturated rings. The van der Waals surface area contributed by atoms with E-state index in [0.717, 1.165) is 5.16 Å². The summed E-state index contributed by atoms with van der Waals surface area (Å²) in [4.78, 5) is 43.1. The number of amides is 2. The fourth-order valence-electron chi connectivity index (χ4n) is 3.03. The van der Waals surface area contributed by atoms with Gasteiger partial charge in [-0.25, -0.2) is 9.78 Å². The summed E-state index contributed by atoms with van der Waals surface area (Å²) in [5, 5.41) is 3.45. The Labute approximate surface area is 181 Å². The molecule has 2 rings (SSSR count). The lowest BCUT2D eigenvalue weighted by molar-refractivity contribution is -0.138. The van der Waals surface area contributed by atoms with Gasteiger partial charge in [0.2, 0.25) is 5.91 Å². The summed E-state index contributed by atoms with van der Waals surface area (Å²) in [6, 6.07) is 6.55. The fourth-order valence-corrected chi connectivity index (χ4v) is 3.76. The lowest BCUT2D eigenvalue weighted by Crippen LogP contribution is -2.44. The summed E-state index contributed by atoms with van der Waals surface area (Å²) in [6.45, 7) is 7.29. The maximum atomic E-state index is 12.5. The maximum Gasteiger partial charge on any atom is 0.340 e. The van der Waals surface area contributed by atoms with Crippen LogP contribution in [0, 0.1) is 0 Å². The smallest absolute Gasteiger partial charge is 0.340 e. The number of nitrogens with one attached hydrogen (secondary N) is 1. The molecule has 1 heterocycles. The van der Waals surface area contributed by atoms with Crippen molar-refractivity contribution in [2.24, 2.45) is 7.05 Å². The van der Waals surface area contributed by atoms with Crippen molar-refractivity contribution >= 4 is 35.2 Å². The Morgan fingerprint density at radius 1 is 1.17 bits per heavy atom. The minimum Gasteiger partial charge on any atom is -0.452 e. The first-order chi connectivity index (χ1) is 14.2. The van der Waals surface area contributed by atoms with E-state index in [1.54, 1.807) is 41.6 Å². The van der Waals surface area contributed by atoms with Crippen molar-refractivity contribution in [3.05, 3.63) is 42.2 Å². The first kappa shape index (κ1) is 23.5. The van der Waals surface area contributed by atoms with Gasteiger partial charge in [-0.1, -0.05) is 23.9 Å². The van der Waals surface area contributed by atoms with Gasteiger partial charge in [0, 0.05) is 31.5 Å². The van der Waals surface area contributed by atoms with E-state index in [-0.39, 0.29) is 41.8 Å². The number of carbonyl (C=O) groups is 3. The number of hydrogen-bond donors (Lipinski definition) is 1. The molecular formula is C21H28N4O4S. The van der Waals surface area contributed by atoms with E-state index in [9.17, 15) is 14.4 Å². The van der Waals surface area contributed by atoms with Crippen molar-refractivity contribution < 1.29 is 19.1 Å². The molecule has 0 bridgehead atoms. The van der Waals surface area contributed by atoms with Crippen LogP contribution < -0.4 is 5.32 Å². The second kappa shape index (κ2) is 10.8. The molecule has 0 aliphatic carbocycles. The molecule has 0 saturated heterocycles. The zero-order valence-corrected chi connectivity index (χ0v) is 18.7. The summed E-state index contributed by atoms with van der Waals surface area (Å²) in [6.07, 6.45) is 3.46. The van der Waals surface area contributed by atoms with Crippen molar-refractivity contribution in [2.75, 3.05) is 17.7 Å². The lowest BCUT2D eigenvalue weighted by Gasteiger charge is -2.30. The molecule has 9 heteroatoms. The number of rotatable bonds is 9. The van der Waals surface area contributed by atoms with Crippen molar-refractivity contribution in [3.8, 4) is 0 Å². The van der Waals surface area contributed by atoms with Crippen LogP contribution in [0.4, 0.5) is 5.69 Å². The highest BCUT2D eigenvalue weighted by molar-refractivity contribution is 7.99. The SMILES string of the molecule is CC(C)N(C(=O)COC(=O)c1ccccc1NC(=O)CSc1nccn1C)C(C)C. The van der Waals surface area contributed by atoms with Gasteiger partial charge in [0.1, 0.15) is 0 Å². The predicted molar refractivity (Wildman–Crippen MR) is 116 cm³/mol. The molecule has 1 N–H and O–H groups in total. The van der Waals surface area contributed by atoms with Crippen LogP contribution in [0.25, 0.3) is 0 Å². The number of para-hydroxylation sites is 1. The van der Waals surface area contributed by atoms with Crippen LogP contribution in [-0.4, -0.2) is 56.7 Å². The average molecular weight is 433 g/mol. The Kier molecular flexibility index (Phi) is 8.46. The first-order valence-electron chi connectivity index (χ1n) is 9.68. The Morgan fingerprint density at radius 2 is 1.83 bits per heavy atom. The molecule has 30 heavy (non-hydrogen) atoms. The number of imidazole rings is 1. The summed E-state index contributed by atoms with van der Waals surface area (Å²) < 4.78 is 7.05. The third-order valence-electron chi connectivity index (χ3n) is 4.26. The van der Waals surface area contributed by atoms with Gasteiger partial charge in [0.25, 0.3) is 5.91 Å². The molecule has 162 valence electrons. The number of aromatic nitrogens is 2. The lowest BCUT2D eigenvalue weighted by atomic mass is 10.2. The molecule has 0 unspecified atom stereocenters. The summed E-state index contributed by atoms with van der Waals surface area (Å²) >= 11 is 1.29. The minimum absolute atomic E-state index is 0.000932. The predicted octanol–water partition coefficient (Wildman–Crippen LogP) is 2.95. The molecule has 0 atom stereocenters. The number of benzene rings is 1. The van der Waals surface area contributed by atoms with E-state index in [1.165, 1.54) is 11.8 Å². The zero-order valence-electron chi connectivity index (χ0n) is 17.9. The molecule has 8 nitrogen and oxygen atoms in total. The van der Waals surface area contributed by atoms with E-state index in [2.05, 4.69) is 10.3 Å². The van der Waals surface area contributed by atoms with E-state index in [4.69, 9.17) is 4.74 Å². The monoisotopic (exact) mass is 432 g/mol. The quantitative estimate of drug-likeness (QED) is 0.484. The number of carbonyl (C=O) groups excluding carboxylic acids is 3. The highest BCUT2D eigenvalue weighted by Crippen LogP contribution is 2.19. The van der Waals surface area contributed by atoms with E-state index in [1.807, 2.05) is 39.3 Å². The van der Waals surface area contributed by atoms with Crippen LogP contribution in [0.3, 0.4) is 0 Å². The van der Waals surface area contributed by atoms with Crippen molar-refractivity contribution in [3.63, 3.8) is 0 Å². The fraction of sp³-hybridized carbons (Fsp3) is 0.429. The molecular weight excluding hydrogens is 404 g/mol. The van der Waals surface area contributed by atoms with Gasteiger partial charge in [-0.2, -0.15) is 0 Å². The third-order valence-corrected chi connectivity index (χ3v) is 5.32. The van der Waals surface area contributed by atoms with Gasteiger partial charge < -0.3 is 19.5 Å². The molecule has 2 amide bonds. The average Bonchev–Trinajstić information content (AvgIpc) is 3.09. The number of esters is 1. The van der Waals surface area contributed by atoms with Crippen LogP contribution in [-0.2, 0) is 21.4 Å². The summed E-state index contributed by atoms with van der Waals surface area (Å²) in [5.74, 6) is -1.06. The van der Waals surface area contributed by atoms with E-state index >= 15 is 0 Å². The normalized spacial score (nSPS) is 10.9. The second-order valence-corrected chi connectivity index (χ2v) is 8.21. The molecule has 0 aliphatic heterocycles. The van der Waals surface area contributed by atoms with Gasteiger partial charge in [0.15, 0.2) is 11.8 Å². The molecule has 0 radical (unpaired) electrons. The largest absolute Gasteiger partial charge is 0.452 e. The van der Waals surface area contributed by atoms with Crippen molar-refractivity contribution in [1.82, 2.24) is 14.5 Å². The topological polar surface area (TPSA) is 93.5 Å². The van der Waals surface area contributed by atoms with Crippen LogP contribution in [0.5, 0.6) is 0 Å². The highest BCUT2D eigenvalue weighted by atomic mass is 32.2. The molecule has 0 aliphatic rings. The maximum absolute atomic E-state index is 12.5. The number of ether oxygens (including phenoxy) is 1. The molecule has 0 saturated carbocycles. The minimum atomic E-state index is -0.663. The summed E-state index contributed by atoms with van der Waals surface area (Å²) in [7, 11) is 1.85. The Morgan fingerprint density at radius 3 is 2.43 bits per heavy atom. The van der Waals surface area contributed by atoms with E-state index in [0.29, 0.717) is 5.69 Å². The van der Waals surface area contributed by atoms with Crippen molar-refractivity contribution in [2.45, 2.75) is 44.9 Å². The van der Waals surface area contributed by atoms with Crippen LogP contribution in [0.1, 0.15) is 38.1 Å². The number of aryl methyl sites for hydroxylation is 1. The highest BCUT2D eigenvalue weighted by Gasteiger charge is 2.22. The zero-order chi connectivity index (χ0) is 22.3. The summed E-state index contributed by atoms with van der Waals surface area (Å²) in [5.41, 5.74) is 0.534. The first-order valence-corrected chi connectivity index (χ1v) is 10.7. The molecule has 2 aromatic rings. The van der Waals surface area contributed by atoms with Crippen LogP contribution in [0.15, 0.2) is 41.8 Å². The van der Waals surface area contributed by atoms with Gasteiger partial charge in [-0.05, 0) is 39.8 Å². The molecule has 1 aromatic carbocycles. The van der Waals surface area contributed by atoms with Crippen LogP contribution >= 0.6 is 11.8 Å². The van der Waals surface area contributed by atoms with Gasteiger partial charge in [-0.15, -0.1) is 0 Å². The van der Waals surface area contributed by atoms with Gasteiger partial charge >= 0.3 is 5.97 Å². The van der Waals surface area contributed by atoms with Crippen LogP contribution in [0.2, 0.25) is 0 Å².